The second-order valence-electron chi connectivity index (χ2n) is 4.12. The Bertz CT molecular complexity index is 557. The van der Waals surface area contributed by atoms with Gasteiger partial charge in [0.2, 0.25) is 0 Å². The van der Waals surface area contributed by atoms with Crippen LogP contribution in [0.15, 0.2) is 28.9 Å². The van der Waals surface area contributed by atoms with E-state index in [2.05, 4.69) is 31.6 Å². The molecule has 1 heterocycles. The number of H-pyrrole nitrogens is 1. The molecule has 0 aliphatic carbocycles. The molecule has 19 heavy (non-hydrogen) atoms. The van der Waals surface area contributed by atoms with Crippen LogP contribution in [0.3, 0.4) is 0 Å². The summed E-state index contributed by atoms with van der Waals surface area (Å²) in [6, 6.07) is 5.68. The maximum Gasteiger partial charge on any atom is 0.123 e. The van der Waals surface area contributed by atoms with Gasteiger partial charge in [-0.25, -0.2) is 0 Å². The number of nitrogen functional groups attached to an aromatic ring is 1. The van der Waals surface area contributed by atoms with Crippen LogP contribution >= 0.6 is 15.9 Å². The summed E-state index contributed by atoms with van der Waals surface area (Å²) < 4.78 is 6.22. The molecule has 0 spiro atoms. The van der Waals surface area contributed by atoms with Crippen molar-refractivity contribution in [1.29, 1.82) is 0 Å². The highest BCUT2D eigenvalue weighted by molar-refractivity contribution is 9.10. The molecule has 0 bridgehead atoms. The Labute approximate surface area is 119 Å². The van der Waals surface area contributed by atoms with Gasteiger partial charge in [0, 0.05) is 10.0 Å². The molecule has 1 atom stereocenters. The molecule has 0 fully saturated rings. The van der Waals surface area contributed by atoms with Crippen molar-refractivity contribution in [3.63, 3.8) is 0 Å². The molecule has 0 radical (unpaired) electrons. The van der Waals surface area contributed by atoms with Crippen LogP contribution in [0.2, 0.25) is 0 Å². The van der Waals surface area contributed by atoms with Crippen LogP contribution < -0.4 is 21.7 Å². The number of anilines is 1. The van der Waals surface area contributed by atoms with Crippen molar-refractivity contribution < 1.29 is 4.74 Å². The third-order valence-corrected chi connectivity index (χ3v) is 3.73. The summed E-state index contributed by atoms with van der Waals surface area (Å²) in [6.45, 7) is 0. The Balaban J connectivity index is 2.26. The number of hydrogen-bond acceptors (Lipinski definition) is 5. The van der Waals surface area contributed by atoms with Gasteiger partial charge in [0.15, 0.2) is 0 Å². The summed E-state index contributed by atoms with van der Waals surface area (Å²) in [5, 5.41) is 6.61. The zero-order valence-corrected chi connectivity index (χ0v) is 12.1. The van der Waals surface area contributed by atoms with E-state index in [1.807, 2.05) is 18.2 Å². The molecule has 0 aliphatic rings. The van der Waals surface area contributed by atoms with Crippen molar-refractivity contribution in [1.82, 2.24) is 15.6 Å². The van der Waals surface area contributed by atoms with E-state index in [4.69, 9.17) is 16.3 Å². The largest absolute Gasteiger partial charge is 0.497 e. The molecule has 102 valence electrons. The molecule has 6 nitrogen and oxygen atoms in total. The topological polar surface area (TPSA) is 102 Å². The lowest BCUT2D eigenvalue weighted by atomic mass is 10.0. The fourth-order valence-electron chi connectivity index (χ4n) is 1.90. The summed E-state index contributed by atoms with van der Waals surface area (Å²) in [5.41, 5.74) is 10.5. The zero-order chi connectivity index (χ0) is 13.8. The van der Waals surface area contributed by atoms with Gasteiger partial charge in [0.05, 0.1) is 19.3 Å². The van der Waals surface area contributed by atoms with Gasteiger partial charge < -0.3 is 10.5 Å². The van der Waals surface area contributed by atoms with E-state index in [1.165, 1.54) is 0 Å². The van der Waals surface area contributed by atoms with Crippen molar-refractivity contribution in [2.45, 2.75) is 12.5 Å². The lowest BCUT2D eigenvalue weighted by Crippen LogP contribution is -2.30. The Morgan fingerprint density at radius 1 is 1.53 bits per heavy atom. The quantitative estimate of drug-likeness (QED) is 0.493. The van der Waals surface area contributed by atoms with Crippen molar-refractivity contribution in [3.8, 4) is 5.75 Å². The normalized spacial score (nSPS) is 12.4. The molecule has 2 rings (SSSR count). The highest BCUT2D eigenvalue weighted by Gasteiger charge is 2.17. The van der Waals surface area contributed by atoms with Gasteiger partial charge in [-0.05, 0) is 30.2 Å². The number of aromatic amines is 1. The maximum atomic E-state index is 5.81. The smallest absolute Gasteiger partial charge is 0.123 e. The molecule has 2 aromatic rings. The average Bonchev–Trinajstić information content (AvgIpc) is 2.84. The Morgan fingerprint density at radius 2 is 2.32 bits per heavy atom. The van der Waals surface area contributed by atoms with Gasteiger partial charge in [-0.2, -0.15) is 5.10 Å². The number of halogens is 1. The highest BCUT2D eigenvalue weighted by atomic mass is 79.9. The van der Waals surface area contributed by atoms with Crippen molar-refractivity contribution >= 4 is 21.7 Å². The lowest BCUT2D eigenvalue weighted by Gasteiger charge is -2.16. The first-order valence-corrected chi connectivity index (χ1v) is 6.52. The van der Waals surface area contributed by atoms with Crippen molar-refractivity contribution in [3.05, 3.63) is 40.0 Å². The van der Waals surface area contributed by atoms with Crippen molar-refractivity contribution in [2.75, 3.05) is 12.8 Å². The number of nitrogens with zero attached hydrogens (tertiary/aromatic N) is 1. The Hall–Kier alpha value is -1.57. The van der Waals surface area contributed by atoms with Gasteiger partial charge >= 0.3 is 0 Å². The maximum absolute atomic E-state index is 5.81. The minimum atomic E-state index is -0.123. The summed E-state index contributed by atoms with van der Waals surface area (Å²) in [5.74, 6) is 6.92. The first-order chi connectivity index (χ1) is 9.15. The third kappa shape index (κ3) is 3.06. The Morgan fingerprint density at radius 3 is 2.89 bits per heavy atom. The fraction of sp³-hybridized carbons (Fsp3) is 0.250. The van der Waals surface area contributed by atoms with Gasteiger partial charge in [0.25, 0.3) is 0 Å². The minimum Gasteiger partial charge on any atom is -0.497 e. The molecule has 0 aliphatic heterocycles. The second-order valence-corrected chi connectivity index (χ2v) is 4.97. The standard InChI is InChI=1S/C12H16BrN5O/c1-19-8-2-3-10(13)7(4-8)5-11(17-15)9-6-16-18-12(9)14/h2-4,6,11,17H,5,15H2,1H3,(H3,14,16,18). The molecular formula is C12H16BrN5O. The SMILES string of the molecule is COc1ccc(Br)c(CC(NN)c2cn[nH]c2N)c1. The summed E-state index contributed by atoms with van der Waals surface area (Å²) in [4.78, 5) is 0. The zero-order valence-electron chi connectivity index (χ0n) is 10.5. The molecular weight excluding hydrogens is 310 g/mol. The number of hydrogen-bond donors (Lipinski definition) is 4. The van der Waals surface area contributed by atoms with Crippen LogP contribution in [-0.2, 0) is 6.42 Å². The number of nitrogens with one attached hydrogen (secondary N) is 2. The monoisotopic (exact) mass is 325 g/mol. The molecule has 7 heteroatoms. The molecule has 1 aromatic heterocycles. The molecule has 0 saturated carbocycles. The second kappa shape index (κ2) is 6.05. The van der Waals surface area contributed by atoms with E-state index in [0.717, 1.165) is 21.3 Å². The molecule has 0 saturated heterocycles. The van der Waals surface area contributed by atoms with Crippen LogP contribution in [0.25, 0.3) is 0 Å². The van der Waals surface area contributed by atoms with E-state index >= 15 is 0 Å². The van der Waals surface area contributed by atoms with Crippen LogP contribution in [0, 0.1) is 0 Å². The third-order valence-electron chi connectivity index (χ3n) is 2.95. The average molecular weight is 326 g/mol. The predicted molar refractivity (Wildman–Crippen MR) is 77.5 cm³/mol. The van der Waals surface area contributed by atoms with Gasteiger partial charge in [0.1, 0.15) is 11.6 Å². The molecule has 1 unspecified atom stereocenters. The first kappa shape index (κ1) is 13.9. The summed E-state index contributed by atoms with van der Waals surface area (Å²) >= 11 is 3.52. The van der Waals surface area contributed by atoms with Crippen LogP contribution in [0.1, 0.15) is 17.2 Å². The Kier molecular flexibility index (Phi) is 4.41. The summed E-state index contributed by atoms with van der Waals surface area (Å²) in [7, 11) is 1.64. The van der Waals surface area contributed by atoms with E-state index in [1.54, 1.807) is 13.3 Å². The fourth-order valence-corrected chi connectivity index (χ4v) is 2.30. The summed E-state index contributed by atoms with van der Waals surface area (Å²) in [6.07, 6.45) is 2.34. The van der Waals surface area contributed by atoms with E-state index < -0.39 is 0 Å². The highest BCUT2D eigenvalue weighted by Crippen LogP contribution is 2.28. The van der Waals surface area contributed by atoms with Crippen LogP contribution in [0.4, 0.5) is 5.82 Å². The molecule has 1 aromatic carbocycles. The van der Waals surface area contributed by atoms with Crippen molar-refractivity contribution in [2.24, 2.45) is 5.84 Å². The number of aromatic nitrogens is 2. The number of nitrogens with two attached hydrogens (primary N) is 2. The number of rotatable bonds is 5. The molecule has 0 amide bonds. The van der Waals surface area contributed by atoms with E-state index in [0.29, 0.717) is 12.2 Å². The number of benzene rings is 1. The van der Waals surface area contributed by atoms with Gasteiger partial charge in [-0.15, -0.1) is 0 Å². The molecule has 6 N–H and O–H groups in total. The number of ether oxygens (including phenoxy) is 1. The van der Waals surface area contributed by atoms with Gasteiger partial charge in [-0.1, -0.05) is 15.9 Å². The van der Waals surface area contributed by atoms with Gasteiger partial charge in [-0.3, -0.25) is 16.4 Å². The van der Waals surface area contributed by atoms with Crippen LogP contribution in [0.5, 0.6) is 5.75 Å². The minimum absolute atomic E-state index is 0.123. The number of hydrazine groups is 1. The number of methoxy groups -OCH3 is 1. The van der Waals surface area contributed by atoms with E-state index in [9.17, 15) is 0 Å². The first-order valence-electron chi connectivity index (χ1n) is 5.73. The van der Waals surface area contributed by atoms with E-state index in [-0.39, 0.29) is 6.04 Å². The van der Waals surface area contributed by atoms with Crippen LogP contribution in [-0.4, -0.2) is 17.3 Å². The lowest BCUT2D eigenvalue weighted by molar-refractivity contribution is 0.413. The predicted octanol–water partition coefficient (Wildman–Crippen LogP) is 1.51.